The van der Waals surface area contributed by atoms with Gasteiger partial charge in [-0.3, -0.25) is 4.79 Å². The molecule has 0 saturated carbocycles. The first-order valence-electron chi connectivity index (χ1n) is 11.7. The summed E-state index contributed by atoms with van der Waals surface area (Å²) in [7, 11) is -3.71. The predicted octanol–water partition coefficient (Wildman–Crippen LogP) is 3.82. The summed E-state index contributed by atoms with van der Waals surface area (Å²) < 4.78 is 38.8. The van der Waals surface area contributed by atoms with E-state index < -0.39 is 27.4 Å². The summed E-state index contributed by atoms with van der Waals surface area (Å²) in [5.74, 6) is -0.325. The molecule has 10 heteroatoms. The minimum absolute atomic E-state index is 0.0371. The lowest BCUT2D eigenvalue weighted by Gasteiger charge is -2.28. The first-order chi connectivity index (χ1) is 17.7. The lowest BCUT2D eigenvalue weighted by molar-refractivity contribution is -0.125. The molecule has 1 aliphatic rings. The van der Waals surface area contributed by atoms with Crippen molar-refractivity contribution in [3.63, 3.8) is 0 Å². The van der Waals surface area contributed by atoms with Gasteiger partial charge in [0.15, 0.2) is 21.5 Å². The van der Waals surface area contributed by atoms with E-state index >= 15 is 0 Å². The third-order valence-electron chi connectivity index (χ3n) is 6.09. The number of hydrogen-bond acceptors (Lipinski definition) is 7. The Labute approximate surface area is 224 Å². The zero-order valence-electron chi connectivity index (χ0n) is 19.9. The molecule has 8 nitrogen and oxygen atoms in total. The number of hydrogen-bond donors (Lipinski definition) is 2. The minimum Gasteiger partial charge on any atom is -0.494 e. The zero-order chi connectivity index (χ0) is 26.5. The van der Waals surface area contributed by atoms with Gasteiger partial charge >= 0.3 is 0 Å². The molecule has 1 amide bonds. The molecule has 37 heavy (non-hydrogen) atoms. The van der Waals surface area contributed by atoms with Gasteiger partial charge in [0.25, 0.3) is 0 Å². The van der Waals surface area contributed by atoms with Gasteiger partial charge in [0, 0.05) is 29.5 Å². The van der Waals surface area contributed by atoms with Crippen molar-refractivity contribution in [3.05, 3.63) is 94.5 Å². The number of nitrogens with zero attached hydrogens (tertiary/aromatic N) is 1. The van der Waals surface area contributed by atoms with Crippen LogP contribution < -0.4 is 10.5 Å². The van der Waals surface area contributed by atoms with E-state index in [9.17, 15) is 13.2 Å². The van der Waals surface area contributed by atoms with Gasteiger partial charge in [0.05, 0.1) is 17.3 Å². The second kappa shape index (κ2) is 11.5. The van der Waals surface area contributed by atoms with Crippen LogP contribution in [0.3, 0.4) is 0 Å². The highest BCUT2D eigenvalue weighted by molar-refractivity contribution is 9.10. The highest BCUT2D eigenvalue weighted by Gasteiger charge is 2.52. The molecule has 3 aromatic carbocycles. The average molecular weight is 587 g/mol. The van der Waals surface area contributed by atoms with E-state index in [0.29, 0.717) is 29.9 Å². The van der Waals surface area contributed by atoms with Crippen molar-refractivity contribution >= 4 is 37.6 Å². The number of benzene rings is 3. The summed E-state index contributed by atoms with van der Waals surface area (Å²) >= 11 is 3.41. The Morgan fingerprint density at radius 1 is 1.05 bits per heavy atom. The van der Waals surface area contributed by atoms with Crippen molar-refractivity contribution in [3.8, 4) is 5.75 Å². The van der Waals surface area contributed by atoms with Gasteiger partial charge in [-0.15, -0.1) is 0 Å². The number of carbonyl (C=O) groups is 1. The van der Waals surface area contributed by atoms with Gasteiger partial charge in [0.1, 0.15) is 5.75 Å². The van der Waals surface area contributed by atoms with E-state index in [1.807, 2.05) is 12.1 Å². The molecule has 1 heterocycles. The van der Waals surface area contributed by atoms with Crippen LogP contribution in [0.1, 0.15) is 30.1 Å². The molecule has 0 spiro atoms. The Balaban J connectivity index is 1.69. The van der Waals surface area contributed by atoms with Crippen LogP contribution >= 0.6 is 15.9 Å². The summed E-state index contributed by atoms with van der Waals surface area (Å²) in [6.07, 6.45) is -0.564. The first-order valence-corrected chi connectivity index (χ1v) is 14.1. The van der Waals surface area contributed by atoms with Gasteiger partial charge in [-0.1, -0.05) is 46.3 Å². The molecular formula is C27H27BrN2O6S. The van der Waals surface area contributed by atoms with Gasteiger partial charge in [-0.05, 0) is 54.1 Å². The van der Waals surface area contributed by atoms with Crippen LogP contribution in [0.2, 0.25) is 0 Å². The monoisotopic (exact) mass is 586 g/mol. The summed E-state index contributed by atoms with van der Waals surface area (Å²) in [6.45, 7) is 0.412. The van der Waals surface area contributed by atoms with Crippen molar-refractivity contribution in [1.82, 2.24) is 0 Å². The Morgan fingerprint density at radius 3 is 2.35 bits per heavy atom. The van der Waals surface area contributed by atoms with E-state index in [0.717, 1.165) is 4.47 Å². The van der Waals surface area contributed by atoms with Crippen molar-refractivity contribution in [2.45, 2.75) is 29.4 Å². The van der Waals surface area contributed by atoms with Crippen molar-refractivity contribution < 1.29 is 27.8 Å². The van der Waals surface area contributed by atoms with Crippen LogP contribution in [0.4, 0.5) is 0 Å². The maximum atomic E-state index is 13.1. The average Bonchev–Trinajstić information content (AvgIpc) is 3.30. The van der Waals surface area contributed by atoms with Crippen LogP contribution in [0, 0.1) is 0 Å². The minimum atomic E-state index is -3.71. The molecule has 194 valence electrons. The predicted molar refractivity (Wildman–Crippen MR) is 143 cm³/mol. The maximum absolute atomic E-state index is 13.1. The Hall–Kier alpha value is -3.21. The molecule has 1 aliphatic heterocycles. The van der Waals surface area contributed by atoms with Crippen molar-refractivity contribution in [1.29, 1.82) is 0 Å². The highest BCUT2D eigenvalue weighted by Crippen LogP contribution is 2.43. The normalized spacial score (nSPS) is 19.2. The molecular weight excluding hydrogens is 560 g/mol. The third kappa shape index (κ3) is 6.03. The molecule has 0 aromatic heterocycles. The summed E-state index contributed by atoms with van der Waals surface area (Å²) in [5, 5.41) is 8.93. The van der Waals surface area contributed by atoms with Gasteiger partial charge < -0.3 is 20.3 Å². The highest BCUT2D eigenvalue weighted by atomic mass is 79.9. The SMILES string of the molecule is NC(=O)[C@]1(CCS(=O)(=O)c2ccccc2)N=C(c2ccc(OCCCO)cc2)O[C@@H]1c1ccc(Br)cc1. The quantitative estimate of drug-likeness (QED) is 0.329. The van der Waals surface area contributed by atoms with Crippen LogP contribution in [0.5, 0.6) is 5.75 Å². The number of aliphatic hydroxyl groups is 1. The number of sulfone groups is 1. The molecule has 0 radical (unpaired) electrons. The van der Waals surface area contributed by atoms with E-state index in [-0.39, 0.29) is 29.6 Å². The standard InChI is InChI=1S/C27H27BrN2O6S/c28-21-11-7-19(8-12-21)24-27(26(29)32,15-18-37(33,34)23-5-2-1-3-6-23)30-25(36-24)20-9-13-22(14-10-20)35-17-4-16-31/h1-3,5-14,24,31H,4,15-18H2,(H2,29,32)/t24-,27-/m1/s1. The number of halogens is 1. The van der Waals surface area contributed by atoms with E-state index in [2.05, 4.69) is 20.9 Å². The van der Waals surface area contributed by atoms with E-state index in [1.165, 1.54) is 12.1 Å². The summed E-state index contributed by atoms with van der Waals surface area (Å²) in [4.78, 5) is 17.8. The lowest BCUT2D eigenvalue weighted by Crippen LogP contribution is -2.46. The molecule has 2 atom stereocenters. The number of primary amides is 1. The molecule has 0 fully saturated rings. The topological polar surface area (TPSA) is 128 Å². The first kappa shape index (κ1) is 26.8. The van der Waals surface area contributed by atoms with Crippen molar-refractivity contribution in [2.75, 3.05) is 19.0 Å². The van der Waals surface area contributed by atoms with Crippen LogP contribution in [0.25, 0.3) is 0 Å². The van der Waals surface area contributed by atoms with Gasteiger partial charge in [-0.2, -0.15) is 0 Å². The van der Waals surface area contributed by atoms with Crippen LogP contribution in [-0.2, 0) is 19.4 Å². The van der Waals surface area contributed by atoms with Gasteiger partial charge in [-0.25, -0.2) is 13.4 Å². The fourth-order valence-corrected chi connectivity index (χ4v) is 5.72. The number of carbonyl (C=O) groups excluding carboxylic acids is 1. The van der Waals surface area contributed by atoms with E-state index in [1.54, 1.807) is 54.6 Å². The van der Waals surface area contributed by atoms with Crippen LogP contribution in [-0.4, -0.2) is 49.8 Å². The molecule has 0 aliphatic carbocycles. The number of rotatable bonds is 11. The smallest absolute Gasteiger partial charge is 0.249 e. The fraction of sp³-hybridized carbons (Fsp3) is 0.259. The molecule has 3 aromatic rings. The summed E-state index contributed by atoms with van der Waals surface area (Å²) in [5.41, 5.74) is 5.51. The second-order valence-electron chi connectivity index (χ2n) is 8.59. The zero-order valence-corrected chi connectivity index (χ0v) is 22.3. The number of aliphatic imine (C=N–C) groups is 1. The maximum Gasteiger partial charge on any atom is 0.249 e. The Kier molecular flexibility index (Phi) is 8.31. The van der Waals surface area contributed by atoms with Crippen LogP contribution in [0.15, 0.2) is 93.2 Å². The van der Waals surface area contributed by atoms with Gasteiger partial charge in [0.2, 0.25) is 11.8 Å². The molecule has 0 unspecified atom stereocenters. The number of amides is 1. The largest absolute Gasteiger partial charge is 0.494 e. The molecule has 0 saturated heterocycles. The summed E-state index contributed by atoms with van der Waals surface area (Å²) in [6, 6.07) is 22.2. The number of nitrogens with two attached hydrogens (primary N) is 1. The lowest BCUT2D eigenvalue weighted by atomic mass is 9.85. The number of aliphatic hydroxyl groups excluding tert-OH is 1. The Bertz CT molecular complexity index is 1360. The second-order valence-corrected chi connectivity index (χ2v) is 11.6. The van der Waals surface area contributed by atoms with Crippen molar-refractivity contribution in [2.24, 2.45) is 10.7 Å². The Morgan fingerprint density at radius 2 is 1.73 bits per heavy atom. The molecule has 0 bridgehead atoms. The number of ether oxygens (including phenoxy) is 2. The van der Waals surface area contributed by atoms with E-state index in [4.69, 9.17) is 20.3 Å². The third-order valence-corrected chi connectivity index (χ3v) is 8.35. The fourth-order valence-electron chi connectivity index (χ4n) is 4.07. The molecule has 3 N–H and O–H groups in total. The molecule has 4 rings (SSSR count).